The first-order valence-electron chi connectivity index (χ1n) is 8.43. The Bertz CT molecular complexity index is 952. The molecule has 0 fully saturated rings. The van der Waals surface area contributed by atoms with E-state index in [4.69, 9.17) is 23.2 Å². The van der Waals surface area contributed by atoms with E-state index in [-0.39, 0.29) is 28.6 Å². The number of halogens is 5. The summed E-state index contributed by atoms with van der Waals surface area (Å²) in [4.78, 5) is 35.4. The lowest BCUT2D eigenvalue weighted by Crippen LogP contribution is -2.23. The highest BCUT2D eigenvalue weighted by Gasteiger charge is 2.33. The molecule has 6 nitrogen and oxygen atoms in total. The summed E-state index contributed by atoms with van der Waals surface area (Å²) in [6.45, 7) is -0.799. The summed E-state index contributed by atoms with van der Waals surface area (Å²) in [5.74, 6) is -2.36. The van der Waals surface area contributed by atoms with Gasteiger partial charge >= 0.3 is 12.1 Å². The molecule has 2 aromatic rings. The summed E-state index contributed by atoms with van der Waals surface area (Å²) < 4.78 is 43.4. The Kier molecular flexibility index (Phi) is 8.08. The van der Waals surface area contributed by atoms with Crippen molar-refractivity contribution in [1.29, 1.82) is 0 Å². The molecule has 0 aliphatic heterocycles. The zero-order valence-electron chi connectivity index (χ0n) is 15.2. The molecule has 0 spiro atoms. The van der Waals surface area contributed by atoms with Crippen molar-refractivity contribution >= 4 is 52.4 Å². The van der Waals surface area contributed by atoms with Crippen molar-refractivity contribution in [3.05, 3.63) is 58.1 Å². The van der Waals surface area contributed by atoms with Crippen LogP contribution in [0.15, 0.2) is 42.5 Å². The topological polar surface area (TPSA) is 84.5 Å². The lowest BCUT2D eigenvalue weighted by Gasteiger charge is -2.13. The molecular weight excluding hydrogens is 448 g/mol. The molecule has 0 atom stereocenters. The molecule has 0 unspecified atom stereocenters. The highest BCUT2D eigenvalue weighted by atomic mass is 35.5. The van der Waals surface area contributed by atoms with Crippen LogP contribution in [0.1, 0.15) is 18.4 Å². The predicted molar refractivity (Wildman–Crippen MR) is 105 cm³/mol. The second kappa shape index (κ2) is 10.3. The van der Waals surface area contributed by atoms with Crippen LogP contribution < -0.4 is 10.6 Å². The minimum Gasteiger partial charge on any atom is -0.456 e. The van der Waals surface area contributed by atoms with Gasteiger partial charge in [0, 0.05) is 6.42 Å². The zero-order chi connectivity index (χ0) is 22.3. The Labute approximate surface area is 179 Å². The van der Waals surface area contributed by atoms with Crippen molar-refractivity contribution in [2.45, 2.75) is 19.0 Å². The third-order valence-electron chi connectivity index (χ3n) is 3.65. The Hall–Kier alpha value is -2.78. The molecule has 30 heavy (non-hydrogen) atoms. The number of carbonyl (C=O) groups excluding carboxylic acids is 3. The molecule has 0 aliphatic carbocycles. The summed E-state index contributed by atoms with van der Waals surface area (Å²) >= 11 is 11.8. The highest BCUT2D eigenvalue weighted by molar-refractivity contribution is 6.44. The standard InChI is InChI=1S/C19H15Cl2F3N2O4/c20-12-5-3-7-14(18(12)21)26-15(27)8-9-17(29)30-10-16(28)25-13-6-2-1-4-11(13)19(22,23)24/h1-7H,8-10H2,(H,25,28)(H,26,27). The second-order valence-corrected chi connectivity index (χ2v) is 6.69. The van der Waals surface area contributed by atoms with Gasteiger partial charge in [0.2, 0.25) is 5.91 Å². The molecule has 0 saturated heterocycles. The van der Waals surface area contributed by atoms with Gasteiger partial charge in [-0.3, -0.25) is 14.4 Å². The Morgan fingerprint density at radius 3 is 2.20 bits per heavy atom. The number of nitrogens with one attached hydrogen (secondary N) is 2. The molecule has 0 saturated carbocycles. The molecule has 2 rings (SSSR count). The fourth-order valence-corrected chi connectivity index (χ4v) is 2.62. The SMILES string of the molecule is O=C(COC(=O)CCC(=O)Nc1cccc(Cl)c1Cl)Nc1ccccc1C(F)(F)F. The van der Waals surface area contributed by atoms with E-state index in [1.165, 1.54) is 24.3 Å². The third-order valence-corrected chi connectivity index (χ3v) is 4.47. The largest absolute Gasteiger partial charge is 0.456 e. The van der Waals surface area contributed by atoms with Gasteiger partial charge in [0.1, 0.15) is 0 Å². The molecule has 0 bridgehead atoms. The van der Waals surface area contributed by atoms with E-state index in [0.717, 1.165) is 12.1 Å². The molecule has 2 amide bonds. The maximum absolute atomic E-state index is 12.9. The maximum Gasteiger partial charge on any atom is 0.418 e. The number of ether oxygens (including phenoxy) is 1. The fraction of sp³-hybridized carbons (Fsp3) is 0.211. The molecule has 11 heteroatoms. The zero-order valence-corrected chi connectivity index (χ0v) is 16.7. The second-order valence-electron chi connectivity index (χ2n) is 5.90. The van der Waals surface area contributed by atoms with E-state index in [9.17, 15) is 27.6 Å². The summed E-state index contributed by atoms with van der Waals surface area (Å²) in [6.07, 6.45) is -5.27. The number of para-hydroxylation sites is 1. The van der Waals surface area contributed by atoms with Crippen molar-refractivity contribution in [1.82, 2.24) is 0 Å². The first-order chi connectivity index (χ1) is 14.1. The van der Waals surface area contributed by atoms with Crippen molar-refractivity contribution in [3.8, 4) is 0 Å². The van der Waals surface area contributed by atoms with Crippen LogP contribution in [0.4, 0.5) is 24.5 Å². The summed E-state index contributed by atoms with van der Waals surface area (Å²) in [5, 5.41) is 4.90. The van der Waals surface area contributed by atoms with Crippen LogP contribution >= 0.6 is 23.2 Å². The number of hydrogen-bond acceptors (Lipinski definition) is 4. The molecule has 160 valence electrons. The van der Waals surface area contributed by atoms with Crippen molar-refractivity contribution < 1.29 is 32.3 Å². The Morgan fingerprint density at radius 2 is 1.50 bits per heavy atom. The molecule has 0 aromatic heterocycles. The van der Waals surface area contributed by atoms with Crippen LogP contribution in [0.2, 0.25) is 10.0 Å². The smallest absolute Gasteiger partial charge is 0.418 e. The third kappa shape index (κ3) is 6.93. The highest BCUT2D eigenvalue weighted by Crippen LogP contribution is 2.34. The number of alkyl halides is 3. The first kappa shape index (κ1) is 23.5. The average molecular weight is 463 g/mol. The van der Waals surface area contributed by atoms with Gasteiger partial charge in [-0.05, 0) is 24.3 Å². The van der Waals surface area contributed by atoms with E-state index < -0.39 is 41.8 Å². The van der Waals surface area contributed by atoms with E-state index in [2.05, 4.69) is 10.1 Å². The van der Waals surface area contributed by atoms with Gasteiger partial charge in [0.25, 0.3) is 5.91 Å². The van der Waals surface area contributed by atoms with Crippen LogP contribution in [0.3, 0.4) is 0 Å². The number of hydrogen-bond donors (Lipinski definition) is 2. The van der Waals surface area contributed by atoms with Crippen molar-refractivity contribution in [2.75, 3.05) is 17.2 Å². The minimum atomic E-state index is -4.65. The van der Waals surface area contributed by atoms with Crippen molar-refractivity contribution in [2.24, 2.45) is 0 Å². The monoisotopic (exact) mass is 462 g/mol. The lowest BCUT2D eigenvalue weighted by molar-refractivity contribution is -0.148. The minimum absolute atomic E-state index is 0.144. The lowest BCUT2D eigenvalue weighted by atomic mass is 10.1. The predicted octanol–water partition coefficient (Wildman–Crippen LogP) is 4.91. The summed E-state index contributed by atoms with van der Waals surface area (Å²) in [5.41, 5.74) is -1.21. The number of rotatable bonds is 7. The number of anilines is 2. The van der Waals surface area contributed by atoms with Crippen LogP contribution in [0.25, 0.3) is 0 Å². The van der Waals surface area contributed by atoms with Gasteiger partial charge in [-0.15, -0.1) is 0 Å². The van der Waals surface area contributed by atoms with Gasteiger partial charge in [-0.2, -0.15) is 13.2 Å². The van der Waals surface area contributed by atoms with Gasteiger partial charge in [-0.25, -0.2) is 0 Å². The molecular formula is C19H15Cl2F3N2O4. The summed E-state index contributed by atoms with van der Waals surface area (Å²) in [7, 11) is 0. The van der Waals surface area contributed by atoms with E-state index in [1.54, 1.807) is 6.07 Å². The quantitative estimate of drug-likeness (QED) is 0.572. The first-order valence-corrected chi connectivity index (χ1v) is 9.19. The Balaban J connectivity index is 1.79. The van der Waals surface area contributed by atoms with Crippen LogP contribution in [-0.2, 0) is 25.3 Å². The van der Waals surface area contributed by atoms with E-state index in [1.807, 2.05) is 5.32 Å². The summed E-state index contributed by atoms with van der Waals surface area (Å²) in [6, 6.07) is 9.03. The molecule has 0 aliphatic rings. The number of carbonyl (C=O) groups is 3. The number of benzene rings is 2. The number of esters is 1. The van der Waals surface area contributed by atoms with Gasteiger partial charge in [0.15, 0.2) is 6.61 Å². The van der Waals surface area contributed by atoms with Crippen LogP contribution in [0, 0.1) is 0 Å². The van der Waals surface area contributed by atoms with Crippen molar-refractivity contribution in [3.63, 3.8) is 0 Å². The van der Waals surface area contributed by atoms with E-state index in [0.29, 0.717) is 0 Å². The molecule has 2 aromatic carbocycles. The number of amides is 2. The fourth-order valence-electron chi connectivity index (χ4n) is 2.27. The van der Waals surface area contributed by atoms with Gasteiger partial charge in [-0.1, -0.05) is 41.4 Å². The Morgan fingerprint density at radius 1 is 0.867 bits per heavy atom. The van der Waals surface area contributed by atoms with Crippen LogP contribution in [-0.4, -0.2) is 24.4 Å². The maximum atomic E-state index is 12.9. The molecule has 0 radical (unpaired) electrons. The normalized spacial score (nSPS) is 11.0. The van der Waals surface area contributed by atoms with Crippen LogP contribution in [0.5, 0.6) is 0 Å². The van der Waals surface area contributed by atoms with E-state index >= 15 is 0 Å². The molecule has 2 N–H and O–H groups in total. The molecule has 0 heterocycles. The average Bonchev–Trinajstić information content (AvgIpc) is 2.68. The van der Waals surface area contributed by atoms with Gasteiger partial charge in [0.05, 0.1) is 33.4 Å². The van der Waals surface area contributed by atoms with Gasteiger partial charge < -0.3 is 15.4 Å².